The van der Waals surface area contributed by atoms with Crippen molar-refractivity contribution in [2.75, 3.05) is 13.2 Å². The maximum Gasteiger partial charge on any atom is 0.338 e. The Labute approximate surface area is 87.2 Å². The van der Waals surface area contributed by atoms with E-state index in [1.54, 1.807) is 0 Å². The molecule has 2 saturated heterocycles. The van der Waals surface area contributed by atoms with Gasteiger partial charge in [0, 0.05) is 12.3 Å². The predicted octanol–water partition coefficient (Wildman–Crippen LogP) is 0.813. The van der Waals surface area contributed by atoms with Gasteiger partial charge in [0.05, 0.1) is 18.1 Å². The normalized spacial score (nSPS) is 34.4. The highest BCUT2D eigenvalue weighted by Gasteiger charge is 2.46. The molecule has 0 spiro atoms. The highest BCUT2D eigenvalue weighted by molar-refractivity contribution is 6.02. The zero-order valence-electron chi connectivity index (χ0n) is 8.32. The number of cyclic esters (lactones) is 1. The molecule has 0 amide bonds. The fourth-order valence-electron chi connectivity index (χ4n) is 2.63. The summed E-state index contributed by atoms with van der Waals surface area (Å²) in [7, 11) is 0. The van der Waals surface area contributed by atoms with Crippen molar-refractivity contribution in [3.05, 3.63) is 11.3 Å². The summed E-state index contributed by atoms with van der Waals surface area (Å²) < 4.78 is 10.5. The van der Waals surface area contributed by atoms with Gasteiger partial charge >= 0.3 is 5.97 Å². The lowest BCUT2D eigenvalue weighted by Crippen LogP contribution is -2.32. The minimum absolute atomic E-state index is 0.128. The third-order valence-corrected chi connectivity index (χ3v) is 3.38. The number of hydrogen-bond acceptors (Lipinski definition) is 4. The van der Waals surface area contributed by atoms with Gasteiger partial charge in [-0.1, -0.05) is 0 Å². The van der Waals surface area contributed by atoms with Crippen LogP contribution in [0, 0.1) is 11.8 Å². The fraction of sp³-hybridized carbons (Fsp3) is 0.636. The summed E-state index contributed by atoms with van der Waals surface area (Å²) in [4.78, 5) is 23.3. The van der Waals surface area contributed by atoms with Crippen LogP contribution in [0.1, 0.15) is 19.3 Å². The Morgan fingerprint density at radius 3 is 2.93 bits per heavy atom. The number of carbonyl (C=O) groups is 2. The van der Waals surface area contributed by atoms with E-state index in [9.17, 15) is 9.59 Å². The van der Waals surface area contributed by atoms with Crippen LogP contribution in [-0.4, -0.2) is 25.0 Å². The number of esters is 1. The highest BCUT2D eigenvalue weighted by atomic mass is 16.5. The van der Waals surface area contributed by atoms with Gasteiger partial charge in [0.2, 0.25) is 0 Å². The van der Waals surface area contributed by atoms with Crippen LogP contribution in [0.2, 0.25) is 0 Å². The number of hydrogen-bond donors (Lipinski definition) is 0. The van der Waals surface area contributed by atoms with Gasteiger partial charge in [-0.05, 0) is 12.8 Å². The van der Waals surface area contributed by atoms with E-state index in [0.717, 1.165) is 18.6 Å². The molecule has 0 aromatic carbocycles. The van der Waals surface area contributed by atoms with Crippen LogP contribution in [0.25, 0.3) is 0 Å². The molecule has 2 heterocycles. The minimum atomic E-state index is -0.352. The van der Waals surface area contributed by atoms with Gasteiger partial charge in [-0.25, -0.2) is 4.79 Å². The van der Waals surface area contributed by atoms with Crippen LogP contribution in [0.15, 0.2) is 11.3 Å². The van der Waals surface area contributed by atoms with Gasteiger partial charge < -0.3 is 9.47 Å². The van der Waals surface area contributed by atoms with Crippen LogP contribution in [0.5, 0.6) is 0 Å². The Hall–Kier alpha value is -1.32. The summed E-state index contributed by atoms with van der Waals surface area (Å²) >= 11 is 0. The SMILES string of the molecule is O=C1OC[C@@H]2C(=O)C[C@@H]3CCCOC3=C12. The lowest BCUT2D eigenvalue weighted by molar-refractivity contribution is -0.135. The number of allylic oxidation sites excluding steroid dienone is 1. The van der Waals surface area contributed by atoms with E-state index < -0.39 is 0 Å². The molecule has 2 atom stereocenters. The second kappa shape index (κ2) is 3.08. The lowest BCUT2D eigenvalue weighted by Gasteiger charge is -2.31. The van der Waals surface area contributed by atoms with E-state index in [1.165, 1.54) is 0 Å². The molecule has 2 aliphatic heterocycles. The maximum atomic E-state index is 11.8. The van der Waals surface area contributed by atoms with E-state index in [2.05, 4.69) is 0 Å². The summed E-state index contributed by atoms with van der Waals surface area (Å²) in [5.74, 6) is 0.309. The molecular formula is C11H12O4. The standard InChI is InChI=1S/C11H12O4/c12-8-4-6-2-1-3-14-10(6)9-7(8)5-15-11(9)13/h6-7H,1-5H2/t6-,7+/m0/s1. The van der Waals surface area contributed by atoms with Crippen molar-refractivity contribution in [1.29, 1.82) is 0 Å². The summed E-state index contributed by atoms with van der Waals surface area (Å²) in [5, 5.41) is 0. The van der Waals surface area contributed by atoms with Crippen molar-refractivity contribution in [3.8, 4) is 0 Å². The van der Waals surface area contributed by atoms with Gasteiger partial charge in [0.25, 0.3) is 0 Å². The number of ketones is 1. The van der Waals surface area contributed by atoms with E-state index in [1.807, 2.05) is 0 Å². The van der Waals surface area contributed by atoms with E-state index in [4.69, 9.17) is 9.47 Å². The molecule has 0 unspecified atom stereocenters. The Bertz CT molecular complexity index is 369. The predicted molar refractivity (Wildman–Crippen MR) is 49.8 cm³/mol. The maximum absolute atomic E-state index is 11.8. The molecule has 0 saturated carbocycles. The molecule has 0 bridgehead atoms. The summed E-state index contributed by atoms with van der Waals surface area (Å²) in [5.41, 5.74) is 0.510. The highest BCUT2D eigenvalue weighted by Crippen LogP contribution is 2.40. The molecule has 0 aromatic rings. The quantitative estimate of drug-likeness (QED) is 0.553. The topological polar surface area (TPSA) is 52.6 Å². The van der Waals surface area contributed by atoms with Gasteiger partial charge in [-0.3, -0.25) is 4.79 Å². The average Bonchev–Trinajstić information content (AvgIpc) is 2.62. The molecule has 3 rings (SSSR count). The molecule has 1 aliphatic carbocycles. The zero-order valence-corrected chi connectivity index (χ0v) is 8.32. The van der Waals surface area contributed by atoms with Gasteiger partial charge in [0.15, 0.2) is 0 Å². The molecule has 15 heavy (non-hydrogen) atoms. The van der Waals surface area contributed by atoms with Gasteiger partial charge in [0.1, 0.15) is 18.1 Å². The van der Waals surface area contributed by atoms with Gasteiger partial charge in [-0.2, -0.15) is 0 Å². The Balaban J connectivity index is 2.08. The van der Waals surface area contributed by atoms with Crippen LogP contribution in [0.3, 0.4) is 0 Å². The molecule has 0 N–H and O–H groups in total. The van der Waals surface area contributed by atoms with Crippen LogP contribution in [0.4, 0.5) is 0 Å². The number of carbonyl (C=O) groups excluding carboxylic acids is 2. The Kier molecular flexibility index (Phi) is 1.84. The molecule has 0 aromatic heterocycles. The summed E-state index contributed by atoms with van der Waals surface area (Å²) in [6, 6.07) is 0. The first-order valence-electron chi connectivity index (χ1n) is 5.34. The second-order valence-corrected chi connectivity index (χ2v) is 4.29. The van der Waals surface area contributed by atoms with E-state index >= 15 is 0 Å². The molecule has 3 aliphatic rings. The smallest absolute Gasteiger partial charge is 0.338 e. The van der Waals surface area contributed by atoms with Crippen LogP contribution < -0.4 is 0 Å². The summed E-state index contributed by atoms with van der Waals surface area (Å²) in [6.45, 7) is 0.871. The van der Waals surface area contributed by atoms with Crippen LogP contribution >= 0.6 is 0 Å². The van der Waals surface area contributed by atoms with E-state index in [-0.39, 0.29) is 30.2 Å². The van der Waals surface area contributed by atoms with Crippen molar-refractivity contribution in [1.82, 2.24) is 0 Å². The first-order chi connectivity index (χ1) is 7.27. The van der Waals surface area contributed by atoms with E-state index in [0.29, 0.717) is 18.6 Å². The lowest BCUT2D eigenvalue weighted by atomic mass is 9.78. The molecule has 4 heteroatoms. The zero-order chi connectivity index (χ0) is 10.4. The van der Waals surface area contributed by atoms with Crippen molar-refractivity contribution in [2.24, 2.45) is 11.8 Å². The molecule has 0 radical (unpaired) electrons. The van der Waals surface area contributed by atoms with Crippen molar-refractivity contribution in [3.63, 3.8) is 0 Å². The van der Waals surface area contributed by atoms with Crippen molar-refractivity contribution in [2.45, 2.75) is 19.3 Å². The van der Waals surface area contributed by atoms with Gasteiger partial charge in [-0.15, -0.1) is 0 Å². The number of fused-ring (bicyclic) bond motifs is 2. The Morgan fingerprint density at radius 1 is 1.20 bits per heavy atom. The monoisotopic (exact) mass is 208 g/mol. The number of ether oxygens (including phenoxy) is 2. The summed E-state index contributed by atoms with van der Waals surface area (Å²) in [6.07, 6.45) is 2.43. The average molecular weight is 208 g/mol. The number of Topliss-reactive ketones (excluding diaryl/α,β-unsaturated/α-hetero) is 1. The van der Waals surface area contributed by atoms with Crippen LogP contribution in [-0.2, 0) is 19.1 Å². The second-order valence-electron chi connectivity index (χ2n) is 4.29. The Morgan fingerprint density at radius 2 is 2.07 bits per heavy atom. The molecule has 80 valence electrons. The first-order valence-corrected chi connectivity index (χ1v) is 5.34. The molecule has 4 nitrogen and oxygen atoms in total. The molecule has 2 fully saturated rings. The molecular weight excluding hydrogens is 196 g/mol. The third-order valence-electron chi connectivity index (χ3n) is 3.38. The third kappa shape index (κ3) is 1.20. The van der Waals surface area contributed by atoms with Crippen molar-refractivity contribution >= 4 is 11.8 Å². The number of rotatable bonds is 0. The van der Waals surface area contributed by atoms with Crippen molar-refractivity contribution < 1.29 is 19.1 Å². The fourth-order valence-corrected chi connectivity index (χ4v) is 2.63. The minimum Gasteiger partial charge on any atom is -0.497 e. The largest absolute Gasteiger partial charge is 0.497 e. The first kappa shape index (κ1) is 8.95.